The van der Waals surface area contributed by atoms with Gasteiger partial charge in [0.25, 0.3) is 5.91 Å². The van der Waals surface area contributed by atoms with Gasteiger partial charge in [-0.15, -0.1) is 0 Å². The van der Waals surface area contributed by atoms with E-state index in [4.69, 9.17) is 14.6 Å². The van der Waals surface area contributed by atoms with Crippen molar-refractivity contribution in [1.82, 2.24) is 0 Å². The number of rotatable bonds is 3. The summed E-state index contributed by atoms with van der Waals surface area (Å²) in [6.45, 7) is 1.17. The standard InChI is InChI=1S/C13H15NO5/c1-13(12(16)17)8-14(11(15)7-19-13)9-4-3-5-10(6-9)18-2/h3-6H,7-8H2,1-2H3,(H,16,17). The lowest BCUT2D eigenvalue weighted by Crippen LogP contribution is -2.57. The third-order valence-electron chi connectivity index (χ3n) is 3.09. The second kappa shape index (κ2) is 4.89. The number of nitrogens with zero attached hydrogens (tertiary/aromatic N) is 1. The molecule has 1 heterocycles. The molecule has 1 aromatic rings. The molecule has 0 aliphatic carbocycles. The lowest BCUT2D eigenvalue weighted by Gasteiger charge is -2.37. The van der Waals surface area contributed by atoms with Gasteiger partial charge in [-0.25, -0.2) is 4.79 Å². The molecular formula is C13H15NO5. The van der Waals surface area contributed by atoms with E-state index in [0.29, 0.717) is 11.4 Å². The van der Waals surface area contributed by atoms with Crippen molar-refractivity contribution in [2.24, 2.45) is 0 Å². The molecule has 1 N–H and O–H groups in total. The number of carboxylic acids is 1. The monoisotopic (exact) mass is 265 g/mol. The van der Waals surface area contributed by atoms with Crippen LogP contribution in [0.1, 0.15) is 6.92 Å². The molecule has 2 rings (SSSR count). The van der Waals surface area contributed by atoms with Gasteiger partial charge < -0.3 is 19.5 Å². The molecule has 1 aromatic carbocycles. The molecule has 1 fully saturated rings. The first-order chi connectivity index (χ1) is 8.96. The number of methoxy groups -OCH3 is 1. The molecule has 102 valence electrons. The highest BCUT2D eigenvalue weighted by molar-refractivity contribution is 5.97. The van der Waals surface area contributed by atoms with Crippen molar-refractivity contribution in [1.29, 1.82) is 0 Å². The maximum absolute atomic E-state index is 11.9. The molecule has 1 aliphatic rings. The summed E-state index contributed by atoms with van der Waals surface area (Å²) in [5.41, 5.74) is -0.795. The van der Waals surface area contributed by atoms with Gasteiger partial charge in [-0.05, 0) is 19.1 Å². The van der Waals surface area contributed by atoms with Crippen LogP contribution in [0, 0.1) is 0 Å². The van der Waals surface area contributed by atoms with E-state index in [1.54, 1.807) is 24.3 Å². The Morgan fingerprint density at radius 1 is 1.53 bits per heavy atom. The van der Waals surface area contributed by atoms with Crippen LogP contribution < -0.4 is 9.64 Å². The Hall–Kier alpha value is -2.08. The second-order valence-corrected chi connectivity index (χ2v) is 4.51. The summed E-state index contributed by atoms with van der Waals surface area (Å²) in [7, 11) is 1.53. The Morgan fingerprint density at radius 2 is 2.26 bits per heavy atom. The Bertz CT molecular complexity index is 516. The van der Waals surface area contributed by atoms with Crippen molar-refractivity contribution in [2.45, 2.75) is 12.5 Å². The summed E-state index contributed by atoms with van der Waals surface area (Å²) in [5, 5.41) is 9.16. The Balaban J connectivity index is 2.31. The van der Waals surface area contributed by atoms with Crippen LogP contribution in [0.3, 0.4) is 0 Å². The summed E-state index contributed by atoms with van der Waals surface area (Å²) in [6.07, 6.45) is 0. The maximum atomic E-state index is 11.9. The number of hydrogen-bond acceptors (Lipinski definition) is 4. The van der Waals surface area contributed by atoms with E-state index in [1.807, 2.05) is 0 Å². The molecule has 1 aliphatic heterocycles. The molecule has 0 saturated carbocycles. The van der Waals surface area contributed by atoms with E-state index in [-0.39, 0.29) is 19.1 Å². The van der Waals surface area contributed by atoms with Gasteiger partial charge in [0.1, 0.15) is 12.4 Å². The van der Waals surface area contributed by atoms with Crippen LogP contribution >= 0.6 is 0 Å². The highest BCUT2D eigenvalue weighted by atomic mass is 16.5. The molecule has 0 radical (unpaired) electrons. The molecule has 6 nitrogen and oxygen atoms in total. The zero-order valence-corrected chi connectivity index (χ0v) is 10.8. The van der Waals surface area contributed by atoms with Crippen LogP contribution in [0.15, 0.2) is 24.3 Å². The van der Waals surface area contributed by atoms with E-state index in [9.17, 15) is 9.59 Å². The molecule has 1 atom stereocenters. The molecule has 0 bridgehead atoms. The number of benzene rings is 1. The van der Waals surface area contributed by atoms with E-state index in [0.717, 1.165) is 0 Å². The predicted octanol–water partition coefficient (Wildman–Crippen LogP) is 0.902. The molecule has 1 saturated heterocycles. The van der Waals surface area contributed by atoms with Crippen molar-refractivity contribution in [3.8, 4) is 5.75 Å². The number of anilines is 1. The van der Waals surface area contributed by atoms with Gasteiger partial charge in [0.2, 0.25) is 0 Å². The fraction of sp³-hybridized carbons (Fsp3) is 0.385. The van der Waals surface area contributed by atoms with E-state index in [1.165, 1.54) is 18.9 Å². The number of carboxylic acid groups (broad SMARTS) is 1. The normalized spacial score (nSPS) is 23.3. The van der Waals surface area contributed by atoms with Crippen molar-refractivity contribution in [3.05, 3.63) is 24.3 Å². The first kappa shape index (κ1) is 13.4. The Labute approximate surface area is 110 Å². The number of carbonyl (C=O) groups excluding carboxylic acids is 1. The minimum atomic E-state index is -1.39. The third-order valence-corrected chi connectivity index (χ3v) is 3.09. The van der Waals surface area contributed by atoms with Crippen molar-refractivity contribution in [3.63, 3.8) is 0 Å². The highest BCUT2D eigenvalue weighted by Gasteiger charge is 2.42. The summed E-state index contributed by atoms with van der Waals surface area (Å²) >= 11 is 0. The quantitative estimate of drug-likeness (QED) is 0.878. The van der Waals surface area contributed by atoms with Crippen LogP contribution in [0.4, 0.5) is 5.69 Å². The fourth-order valence-corrected chi connectivity index (χ4v) is 1.88. The minimum absolute atomic E-state index is 0.0334. The van der Waals surface area contributed by atoms with Gasteiger partial charge in [-0.1, -0.05) is 6.07 Å². The molecule has 1 amide bonds. The molecule has 6 heteroatoms. The lowest BCUT2D eigenvalue weighted by molar-refractivity contribution is -0.168. The van der Waals surface area contributed by atoms with Gasteiger partial charge in [-0.2, -0.15) is 0 Å². The Kier molecular flexibility index (Phi) is 3.44. The number of carbonyl (C=O) groups is 2. The SMILES string of the molecule is COc1cccc(N2CC(C)(C(=O)O)OCC2=O)c1. The van der Waals surface area contributed by atoms with Crippen LogP contribution in [0.25, 0.3) is 0 Å². The fourth-order valence-electron chi connectivity index (χ4n) is 1.88. The summed E-state index contributed by atoms with van der Waals surface area (Å²) in [5.74, 6) is -0.756. The number of amides is 1. The molecular weight excluding hydrogens is 250 g/mol. The van der Waals surface area contributed by atoms with Gasteiger partial charge in [0, 0.05) is 11.8 Å². The predicted molar refractivity (Wildman–Crippen MR) is 67.3 cm³/mol. The largest absolute Gasteiger partial charge is 0.497 e. The first-order valence-electron chi connectivity index (χ1n) is 5.78. The number of hydrogen-bond donors (Lipinski definition) is 1. The zero-order valence-electron chi connectivity index (χ0n) is 10.8. The zero-order chi connectivity index (χ0) is 14.0. The van der Waals surface area contributed by atoms with E-state index in [2.05, 4.69) is 0 Å². The average Bonchev–Trinajstić information content (AvgIpc) is 2.41. The second-order valence-electron chi connectivity index (χ2n) is 4.51. The summed E-state index contributed by atoms with van der Waals surface area (Å²) in [4.78, 5) is 24.5. The molecule has 0 aromatic heterocycles. The first-order valence-corrected chi connectivity index (χ1v) is 5.78. The van der Waals surface area contributed by atoms with Gasteiger partial charge in [-0.3, -0.25) is 4.79 Å². The van der Waals surface area contributed by atoms with Crippen molar-refractivity contribution >= 4 is 17.6 Å². The van der Waals surface area contributed by atoms with Crippen LogP contribution in [-0.4, -0.2) is 42.8 Å². The van der Waals surface area contributed by atoms with Gasteiger partial charge in [0.05, 0.1) is 13.7 Å². The van der Waals surface area contributed by atoms with Crippen LogP contribution in [0.5, 0.6) is 5.75 Å². The van der Waals surface area contributed by atoms with Gasteiger partial charge >= 0.3 is 5.97 Å². The van der Waals surface area contributed by atoms with Crippen molar-refractivity contribution < 1.29 is 24.2 Å². The number of aliphatic carboxylic acids is 1. The number of morpholine rings is 1. The Morgan fingerprint density at radius 3 is 2.89 bits per heavy atom. The van der Waals surface area contributed by atoms with Crippen molar-refractivity contribution in [2.75, 3.05) is 25.2 Å². The lowest BCUT2D eigenvalue weighted by atomic mass is 10.0. The molecule has 0 spiro atoms. The smallest absolute Gasteiger partial charge is 0.337 e. The van der Waals surface area contributed by atoms with Gasteiger partial charge in [0.15, 0.2) is 5.60 Å². The molecule has 19 heavy (non-hydrogen) atoms. The van der Waals surface area contributed by atoms with Crippen LogP contribution in [-0.2, 0) is 14.3 Å². The third kappa shape index (κ3) is 2.53. The maximum Gasteiger partial charge on any atom is 0.337 e. The van der Waals surface area contributed by atoms with E-state index < -0.39 is 11.6 Å². The molecule has 1 unspecified atom stereocenters. The average molecular weight is 265 g/mol. The minimum Gasteiger partial charge on any atom is -0.497 e. The highest BCUT2D eigenvalue weighted by Crippen LogP contribution is 2.27. The number of ether oxygens (including phenoxy) is 2. The summed E-state index contributed by atoms with van der Waals surface area (Å²) < 4.78 is 10.2. The summed E-state index contributed by atoms with van der Waals surface area (Å²) in [6, 6.07) is 6.92. The van der Waals surface area contributed by atoms with Crippen LogP contribution in [0.2, 0.25) is 0 Å². The van der Waals surface area contributed by atoms with E-state index >= 15 is 0 Å². The topological polar surface area (TPSA) is 76.1 Å².